The van der Waals surface area contributed by atoms with Crippen molar-refractivity contribution in [3.8, 4) is 11.6 Å². The van der Waals surface area contributed by atoms with Gasteiger partial charge in [0.1, 0.15) is 11.6 Å². The topological polar surface area (TPSA) is 68.7 Å². The fourth-order valence-corrected chi connectivity index (χ4v) is 5.39. The third kappa shape index (κ3) is 4.62. The number of hydrogen-bond donors (Lipinski definition) is 1. The predicted octanol–water partition coefficient (Wildman–Crippen LogP) is 6.06. The molecular weight excluding hydrogens is 440 g/mol. The SMILES string of the molecule is COc1cc(C2CCC(COc3cccc(C(C)(C4CC4)[C@@](C)(F)C(=O)O)c3)CC2)c(F)cn1. The molecule has 4 rings (SSSR count). The van der Waals surface area contributed by atoms with Gasteiger partial charge in [0.15, 0.2) is 0 Å². The highest BCUT2D eigenvalue weighted by Crippen LogP contribution is 2.55. The highest BCUT2D eigenvalue weighted by molar-refractivity contribution is 5.80. The number of aliphatic carboxylic acids is 1. The van der Waals surface area contributed by atoms with Crippen LogP contribution in [0.25, 0.3) is 0 Å². The van der Waals surface area contributed by atoms with Gasteiger partial charge in [-0.15, -0.1) is 0 Å². The van der Waals surface area contributed by atoms with Gasteiger partial charge in [0.2, 0.25) is 11.5 Å². The Kier molecular flexibility index (Phi) is 6.83. The van der Waals surface area contributed by atoms with Crippen LogP contribution in [0.2, 0.25) is 0 Å². The fraction of sp³-hybridized carbons (Fsp3) is 0.556. The Morgan fingerprint density at radius 3 is 2.47 bits per heavy atom. The van der Waals surface area contributed by atoms with Crippen LogP contribution in [0, 0.1) is 17.7 Å². The Morgan fingerprint density at radius 2 is 1.85 bits per heavy atom. The van der Waals surface area contributed by atoms with Crippen molar-refractivity contribution in [3.05, 3.63) is 53.5 Å². The van der Waals surface area contributed by atoms with E-state index in [1.165, 1.54) is 20.2 Å². The molecule has 2 aromatic rings. The number of halogens is 2. The Morgan fingerprint density at radius 1 is 1.15 bits per heavy atom. The molecule has 0 radical (unpaired) electrons. The Hall–Kier alpha value is -2.70. The fourth-order valence-electron chi connectivity index (χ4n) is 5.39. The molecule has 1 N–H and O–H groups in total. The van der Waals surface area contributed by atoms with Gasteiger partial charge in [0, 0.05) is 11.5 Å². The standard InChI is InChI=1S/C27H33F2NO4/c1-26(19-11-12-19,27(2,29)25(31)32)20-5-4-6-21(13-20)34-16-17-7-9-18(10-8-17)22-14-24(33-3)30-15-23(22)28/h4-6,13-15,17-19H,7-12,16H2,1-3H3,(H,31,32)/t17?,18?,26?,27-/m0/s1. The molecule has 1 heterocycles. The molecule has 1 aromatic heterocycles. The molecule has 2 fully saturated rings. The van der Waals surface area contributed by atoms with Gasteiger partial charge in [-0.3, -0.25) is 0 Å². The lowest BCUT2D eigenvalue weighted by molar-refractivity contribution is -0.155. The van der Waals surface area contributed by atoms with Gasteiger partial charge in [-0.2, -0.15) is 0 Å². The Bertz CT molecular complexity index is 1030. The summed E-state index contributed by atoms with van der Waals surface area (Å²) in [5.74, 6) is -0.215. The Labute approximate surface area is 199 Å². The number of nitrogens with zero attached hydrogens (tertiary/aromatic N) is 1. The van der Waals surface area contributed by atoms with Crippen LogP contribution in [0.1, 0.15) is 69.4 Å². The van der Waals surface area contributed by atoms with Crippen LogP contribution in [0.3, 0.4) is 0 Å². The lowest BCUT2D eigenvalue weighted by Crippen LogP contribution is -2.51. The summed E-state index contributed by atoms with van der Waals surface area (Å²) in [5, 5.41) is 9.57. The third-order valence-electron chi connectivity index (χ3n) is 8.05. The number of methoxy groups -OCH3 is 1. The van der Waals surface area contributed by atoms with E-state index in [0.717, 1.165) is 38.5 Å². The summed E-state index contributed by atoms with van der Waals surface area (Å²) in [5.41, 5.74) is -2.18. The van der Waals surface area contributed by atoms with Crippen LogP contribution in [-0.2, 0) is 10.2 Å². The average Bonchev–Trinajstić information content (AvgIpc) is 3.69. The van der Waals surface area contributed by atoms with E-state index in [2.05, 4.69) is 4.98 Å². The molecule has 2 saturated carbocycles. The predicted molar refractivity (Wildman–Crippen MR) is 125 cm³/mol. The van der Waals surface area contributed by atoms with Gasteiger partial charge in [-0.05, 0) is 86.5 Å². The van der Waals surface area contributed by atoms with Crippen LogP contribution < -0.4 is 9.47 Å². The second kappa shape index (κ2) is 9.51. The van der Waals surface area contributed by atoms with E-state index in [0.29, 0.717) is 35.3 Å². The smallest absolute Gasteiger partial charge is 0.342 e. The number of hydrogen-bond acceptors (Lipinski definition) is 4. The summed E-state index contributed by atoms with van der Waals surface area (Å²) in [4.78, 5) is 15.7. The van der Waals surface area contributed by atoms with Crippen LogP contribution >= 0.6 is 0 Å². The minimum atomic E-state index is -2.38. The first-order valence-corrected chi connectivity index (χ1v) is 12.0. The molecule has 184 valence electrons. The molecule has 2 aliphatic rings. The van der Waals surface area contributed by atoms with Crippen molar-refractivity contribution >= 4 is 5.97 Å². The number of alkyl halides is 1. The van der Waals surface area contributed by atoms with E-state index >= 15 is 4.39 Å². The van der Waals surface area contributed by atoms with Crippen molar-refractivity contribution in [2.75, 3.05) is 13.7 Å². The normalized spacial score (nSPS) is 24.0. The lowest BCUT2D eigenvalue weighted by Gasteiger charge is -2.39. The molecule has 2 atom stereocenters. The zero-order valence-corrected chi connectivity index (χ0v) is 20.0. The molecule has 0 aliphatic heterocycles. The van der Waals surface area contributed by atoms with Gasteiger partial charge in [0.05, 0.1) is 19.9 Å². The third-order valence-corrected chi connectivity index (χ3v) is 8.05. The molecule has 1 unspecified atom stereocenters. The van der Waals surface area contributed by atoms with Crippen molar-refractivity contribution in [1.29, 1.82) is 0 Å². The van der Waals surface area contributed by atoms with Gasteiger partial charge < -0.3 is 14.6 Å². The van der Waals surface area contributed by atoms with Crippen molar-refractivity contribution in [2.45, 2.75) is 69.4 Å². The number of aromatic nitrogens is 1. The summed E-state index contributed by atoms with van der Waals surface area (Å²) in [6, 6.07) is 8.92. The molecular formula is C27H33F2NO4. The molecule has 2 aliphatic carbocycles. The average molecular weight is 474 g/mol. The number of carbonyl (C=O) groups is 1. The number of carboxylic acid groups (broad SMARTS) is 1. The van der Waals surface area contributed by atoms with E-state index in [9.17, 15) is 14.3 Å². The van der Waals surface area contributed by atoms with E-state index in [1.807, 2.05) is 6.07 Å². The Balaban J connectivity index is 1.39. The maximum absolute atomic E-state index is 15.4. The van der Waals surface area contributed by atoms with E-state index in [4.69, 9.17) is 9.47 Å². The van der Waals surface area contributed by atoms with Crippen LogP contribution in [-0.4, -0.2) is 35.4 Å². The second-order valence-electron chi connectivity index (χ2n) is 10.1. The number of ether oxygens (including phenoxy) is 2. The first-order chi connectivity index (χ1) is 16.2. The van der Waals surface area contributed by atoms with E-state index < -0.39 is 17.1 Å². The molecule has 0 bridgehead atoms. The quantitative estimate of drug-likeness (QED) is 0.479. The van der Waals surface area contributed by atoms with Gasteiger partial charge in [0.25, 0.3) is 0 Å². The molecule has 7 heteroatoms. The largest absolute Gasteiger partial charge is 0.493 e. The molecule has 0 spiro atoms. The van der Waals surface area contributed by atoms with Crippen molar-refractivity contribution in [2.24, 2.45) is 11.8 Å². The molecule has 34 heavy (non-hydrogen) atoms. The minimum absolute atomic E-state index is 0.00339. The summed E-state index contributed by atoms with van der Waals surface area (Å²) in [6.07, 6.45) is 6.40. The number of pyridine rings is 1. The summed E-state index contributed by atoms with van der Waals surface area (Å²) in [7, 11) is 1.52. The van der Waals surface area contributed by atoms with E-state index in [1.54, 1.807) is 31.2 Å². The van der Waals surface area contributed by atoms with Gasteiger partial charge >= 0.3 is 5.97 Å². The van der Waals surface area contributed by atoms with Crippen molar-refractivity contribution < 1.29 is 28.2 Å². The first kappa shape index (κ1) is 24.4. The van der Waals surface area contributed by atoms with Crippen LogP contribution in [0.15, 0.2) is 36.5 Å². The number of benzene rings is 1. The molecule has 5 nitrogen and oxygen atoms in total. The number of rotatable bonds is 9. The van der Waals surface area contributed by atoms with Crippen molar-refractivity contribution in [1.82, 2.24) is 4.98 Å². The van der Waals surface area contributed by atoms with Crippen LogP contribution in [0.4, 0.5) is 8.78 Å². The maximum atomic E-state index is 15.4. The highest BCUT2D eigenvalue weighted by Gasteiger charge is 2.59. The zero-order chi connectivity index (χ0) is 24.5. The first-order valence-electron chi connectivity index (χ1n) is 12.0. The zero-order valence-electron chi connectivity index (χ0n) is 20.0. The highest BCUT2D eigenvalue weighted by atomic mass is 19.1. The van der Waals surface area contributed by atoms with Crippen LogP contribution in [0.5, 0.6) is 11.6 Å². The van der Waals surface area contributed by atoms with Crippen molar-refractivity contribution in [3.63, 3.8) is 0 Å². The maximum Gasteiger partial charge on any atom is 0.342 e. The molecule has 0 saturated heterocycles. The number of carboxylic acids is 1. The minimum Gasteiger partial charge on any atom is -0.493 e. The monoisotopic (exact) mass is 473 g/mol. The summed E-state index contributed by atoms with van der Waals surface area (Å²) >= 11 is 0. The summed E-state index contributed by atoms with van der Waals surface area (Å²) < 4.78 is 40.9. The molecule has 0 amide bonds. The van der Waals surface area contributed by atoms with E-state index in [-0.39, 0.29) is 17.7 Å². The van der Waals surface area contributed by atoms with Gasteiger partial charge in [-0.25, -0.2) is 18.6 Å². The molecule has 1 aromatic carbocycles. The second-order valence-corrected chi connectivity index (χ2v) is 10.1. The lowest BCUT2D eigenvalue weighted by atomic mass is 9.67. The van der Waals surface area contributed by atoms with Gasteiger partial charge in [-0.1, -0.05) is 19.1 Å². The summed E-state index contributed by atoms with van der Waals surface area (Å²) in [6.45, 7) is 3.40.